The van der Waals surface area contributed by atoms with Crippen molar-refractivity contribution in [1.29, 1.82) is 0 Å². The summed E-state index contributed by atoms with van der Waals surface area (Å²) >= 11 is 0. The molecule has 0 aliphatic carbocycles. The number of ether oxygens (including phenoxy) is 2. The highest BCUT2D eigenvalue weighted by atomic mass is 16.5. The summed E-state index contributed by atoms with van der Waals surface area (Å²) in [6, 6.07) is 9.63. The molecule has 37 heavy (non-hydrogen) atoms. The average Bonchev–Trinajstić information content (AvgIpc) is 2.76. The van der Waals surface area contributed by atoms with Gasteiger partial charge in [0, 0.05) is 13.0 Å². The molecule has 1 unspecified atom stereocenters. The van der Waals surface area contributed by atoms with Crippen molar-refractivity contribution in [2.24, 2.45) is 10.8 Å². The third-order valence-corrected chi connectivity index (χ3v) is 5.61. The zero-order valence-corrected chi connectivity index (χ0v) is 26.2. The van der Waals surface area contributed by atoms with Crippen LogP contribution in [-0.2, 0) is 19.1 Å². The molecule has 1 aromatic carbocycles. The van der Waals surface area contributed by atoms with Crippen LogP contribution in [0, 0.1) is 10.8 Å². The van der Waals surface area contributed by atoms with Crippen molar-refractivity contribution in [3.8, 4) is 0 Å². The van der Waals surface area contributed by atoms with Crippen LogP contribution in [0.1, 0.15) is 127 Å². The van der Waals surface area contributed by atoms with Gasteiger partial charge in [0.15, 0.2) is 5.78 Å². The summed E-state index contributed by atoms with van der Waals surface area (Å²) in [6.07, 6.45) is 6.72. The number of ketones is 1. The zero-order chi connectivity index (χ0) is 29.3. The quantitative estimate of drug-likeness (QED) is 0.148. The van der Waals surface area contributed by atoms with E-state index in [9.17, 15) is 9.59 Å². The van der Waals surface area contributed by atoms with E-state index in [1.54, 1.807) is 0 Å². The summed E-state index contributed by atoms with van der Waals surface area (Å²) in [4.78, 5) is 24.0. The van der Waals surface area contributed by atoms with Gasteiger partial charge in [-0.1, -0.05) is 91.3 Å². The second-order valence-electron chi connectivity index (χ2n) is 13.1. The van der Waals surface area contributed by atoms with E-state index in [0.717, 1.165) is 31.1 Å². The number of Topliss-reactive ketones (excluding diaryl/α,β-unsaturated/α-hetero) is 1. The molecule has 0 saturated heterocycles. The highest BCUT2D eigenvalue weighted by molar-refractivity contribution is 5.90. The maximum Gasteiger partial charge on any atom is 0.174 e. The standard InChI is InChI=1S/C23H36O4.C5H12.C5H10/c1-21(2,3)27-19(18-14-10-8-11-15-18)20(25)22(4,5)23(6,7)26-17-13-9-12-16-24;1-5(2,3)4;1-3-5-4-2/h8,10-11,14-16,19H,9,12-13,17H2,1-7H3;1-4H3;3H,1,4-5H2,2H3. The Kier molecular flexibility index (Phi) is 17.9. The van der Waals surface area contributed by atoms with Gasteiger partial charge >= 0.3 is 0 Å². The first kappa shape index (κ1) is 37.4. The lowest BCUT2D eigenvalue weighted by Gasteiger charge is -2.42. The van der Waals surface area contributed by atoms with E-state index in [2.05, 4.69) is 41.2 Å². The number of rotatable bonds is 13. The van der Waals surface area contributed by atoms with Crippen LogP contribution in [0.5, 0.6) is 0 Å². The first-order chi connectivity index (χ1) is 16.8. The van der Waals surface area contributed by atoms with Crippen molar-refractivity contribution in [3.63, 3.8) is 0 Å². The van der Waals surface area contributed by atoms with Crippen LogP contribution in [0.3, 0.4) is 0 Å². The van der Waals surface area contributed by atoms with E-state index in [0.29, 0.717) is 18.4 Å². The third-order valence-electron chi connectivity index (χ3n) is 5.61. The summed E-state index contributed by atoms with van der Waals surface area (Å²) in [5.41, 5.74) is -0.526. The Hall–Kier alpha value is -1.78. The summed E-state index contributed by atoms with van der Waals surface area (Å²) in [6.45, 7) is 28.6. The minimum Gasteiger partial charge on any atom is -0.375 e. The molecular formula is C33H58O4. The fourth-order valence-electron chi connectivity index (χ4n) is 2.92. The molecule has 0 aliphatic heterocycles. The lowest BCUT2D eigenvalue weighted by Crippen LogP contribution is -2.50. The summed E-state index contributed by atoms with van der Waals surface area (Å²) in [5, 5.41) is 0. The van der Waals surface area contributed by atoms with Crippen LogP contribution in [0.15, 0.2) is 43.0 Å². The molecular weight excluding hydrogens is 460 g/mol. The lowest BCUT2D eigenvalue weighted by molar-refractivity contribution is -0.168. The van der Waals surface area contributed by atoms with Crippen molar-refractivity contribution in [1.82, 2.24) is 0 Å². The number of hydrogen-bond acceptors (Lipinski definition) is 4. The molecule has 0 bridgehead atoms. The van der Waals surface area contributed by atoms with Gasteiger partial charge in [0.2, 0.25) is 0 Å². The molecule has 0 spiro atoms. The number of unbranched alkanes of at least 4 members (excludes halogenated alkanes) is 3. The molecule has 4 heteroatoms. The fraction of sp³-hybridized carbons (Fsp3) is 0.697. The van der Waals surface area contributed by atoms with Crippen molar-refractivity contribution < 1.29 is 19.1 Å². The fourth-order valence-corrected chi connectivity index (χ4v) is 2.92. The maximum atomic E-state index is 13.6. The van der Waals surface area contributed by atoms with Gasteiger partial charge in [-0.15, -0.1) is 6.58 Å². The van der Waals surface area contributed by atoms with Crippen molar-refractivity contribution in [3.05, 3.63) is 48.6 Å². The molecule has 0 aliphatic rings. The topological polar surface area (TPSA) is 52.6 Å². The molecule has 0 aromatic heterocycles. The average molecular weight is 519 g/mol. The van der Waals surface area contributed by atoms with Gasteiger partial charge in [-0.05, 0) is 64.9 Å². The Morgan fingerprint density at radius 2 is 1.41 bits per heavy atom. The minimum absolute atomic E-state index is 0.00140. The summed E-state index contributed by atoms with van der Waals surface area (Å²) < 4.78 is 12.3. The molecule has 214 valence electrons. The maximum absolute atomic E-state index is 13.6. The largest absolute Gasteiger partial charge is 0.375 e. The number of carbonyl (C=O) groups excluding carboxylic acids is 2. The first-order valence-electron chi connectivity index (χ1n) is 13.8. The predicted octanol–water partition coefficient (Wildman–Crippen LogP) is 9.33. The van der Waals surface area contributed by atoms with Gasteiger partial charge in [0.1, 0.15) is 12.4 Å². The van der Waals surface area contributed by atoms with Crippen LogP contribution < -0.4 is 0 Å². The lowest BCUT2D eigenvalue weighted by atomic mass is 9.71. The van der Waals surface area contributed by atoms with Gasteiger partial charge in [0.05, 0.1) is 16.6 Å². The highest BCUT2D eigenvalue weighted by Gasteiger charge is 2.48. The molecule has 0 amide bonds. The Morgan fingerprint density at radius 3 is 1.78 bits per heavy atom. The molecule has 0 N–H and O–H groups in total. The summed E-state index contributed by atoms with van der Waals surface area (Å²) in [7, 11) is 0. The number of benzene rings is 1. The molecule has 0 fully saturated rings. The first-order valence-corrected chi connectivity index (χ1v) is 13.8. The molecule has 0 heterocycles. The van der Waals surface area contributed by atoms with E-state index in [1.807, 2.05) is 84.9 Å². The Morgan fingerprint density at radius 1 is 0.892 bits per heavy atom. The van der Waals surface area contributed by atoms with Gasteiger partial charge in [-0.2, -0.15) is 0 Å². The molecule has 1 rings (SSSR count). The van der Waals surface area contributed by atoms with Crippen molar-refractivity contribution in [2.75, 3.05) is 6.61 Å². The number of hydrogen-bond donors (Lipinski definition) is 0. The highest BCUT2D eigenvalue weighted by Crippen LogP contribution is 2.41. The van der Waals surface area contributed by atoms with E-state index in [4.69, 9.17) is 9.47 Å². The third kappa shape index (κ3) is 18.2. The van der Waals surface area contributed by atoms with Crippen molar-refractivity contribution in [2.45, 2.75) is 132 Å². The number of aldehydes is 1. The van der Waals surface area contributed by atoms with Crippen molar-refractivity contribution >= 4 is 12.1 Å². The molecule has 1 aromatic rings. The minimum atomic E-state index is -0.760. The van der Waals surface area contributed by atoms with E-state index < -0.39 is 22.7 Å². The second kappa shape index (κ2) is 17.7. The van der Waals surface area contributed by atoms with Crippen LogP contribution in [-0.4, -0.2) is 29.9 Å². The monoisotopic (exact) mass is 518 g/mol. The predicted molar refractivity (Wildman–Crippen MR) is 159 cm³/mol. The van der Waals surface area contributed by atoms with Crippen LogP contribution in [0.25, 0.3) is 0 Å². The zero-order valence-electron chi connectivity index (χ0n) is 26.2. The Bertz CT molecular complexity index is 743. The van der Waals surface area contributed by atoms with E-state index >= 15 is 0 Å². The van der Waals surface area contributed by atoms with Crippen LogP contribution in [0.4, 0.5) is 0 Å². The van der Waals surface area contributed by atoms with Gasteiger partial charge < -0.3 is 14.3 Å². The molecule has 4 nitrogen and oxygen atoms in total. The van der Waals surface area contributed by atoms with E-state index in [-0.39, 0.29) is 5.78 Å². The van der Waals surface area contributed by atoms with Gasteiger partial charge in [-0.3, -0.25) is 4.79 Å². The SMILES string of the molecule is C=CCCC.CC(C)(C)C.CC(C)(C)OC(C(=O)C(C)(C)C(C)(C)OCCCCC=O)c1ccccc1. The summed E-state index contributed by atoms with van der Waals surface area (Å²) in [5.74, 6) is 0.00140. The van der Waals surface area contributed by atoms with Gasteiger partial charge in [-0.25, -0.2) is 0 Å². The van der Waals surface area contributed by atoms with E-state index in [1.165, 1.54) is 6.42 Å². The Balaban J connectivity index is 0. The molecule has 1 atom stereocenters. The number of carbonyl (C=O) groups is 2. The van der Waals surface area contributed by atoms with Gasteiger partial charge in [0.25, 0.3) is 0 Å². The second-order valence-corrected chi connectivity index (χ2v) is 13.1. The smallest absolute Gasteiger partial charge is 0.174 e. The molecule has 0 radical (unpaired) electrons. The molecule has 0 saturated carbocycles. The van der Waals surface area contributed by atoms with Crippen LogP contribution >= 0.6 is 0 Å². The Labute approximate surface area is 229 Å². The van der Waals surface area contributed by atoms with Crippen LogP contribution in [0.2, 0.25) is 0 Å². The normalized spacial score (nSPS) is 12.9. The number of allylic oxidation sites excluding steroid dienone is 1.